The number of carbonyl (C=O) groups excluding carboxylic acids is 2. The smallest absolute Gasteiger partial charge is 0.307 e. The molecule has 0 aromatic heterocycles. The van der Waals surface area contributed by atoms with Crippen LogP contribution in [0.25, 0.3) is 0 Å². The second kappa shape index (κ2) is 14.5. The van der Waals surface area contributed by atoms with Crippen LogP contribution in [0.3, 0.4) is 0 Å². The van der Waals surface area contributed by atoms with E-state index in [0.29, 0.717) is 26.2 Å². The summed E-state index contributed by atoms with van der Waals surface area (Å²) < 4.78 is 10.8. The molecule has 1 unspecified atom stereocenters. The van der Waals surface area contributed by atoms with Gasteiger partial charge in [0.15, 0.2) is 0 Å². The molecule has 0 heterocycles. The van der Waals surface area contributed by atoms with Crippen LogP contribution in [0.2, 0.25) is 0 Å². The molecule has 0 aliphatic carbocycles. The number of carbonyl (C=O) groups is 2. The van der Waals surface area contributed by atoms with Gasteiger partial charge in [0.1, 0.15) is 11.9 Å². The van der Waals surface area contributed by atoms with E-state index in [4.69, 9.17) is 15.2 Å². The predicted molar refractivity (Wildman–Crippen MR) is 120 cm³/mol. The van der Waals surface area contributed by atoms with Gasteiger partial charge in [0.25, 0.3) is 0 Å². The molecule has 5 heteroatoms. The maximum absolute atomic E-state index is 11.7. The van der Waals surface area contributed by atoms with E-state index in [0.717, 1.165) is 18.3 Å². The Morgan fingerprint density at radius 2 is 1.57 bits per heavy atom. The zero-order valence-corrected chi connectivity index (χ0v) is 18.4. The summed E-state index contributed by atoms with van der Waals surface area (Å²) in [6.45, 7) is 7.24. The van der Waals surface area contributed by atoms with Crippen molar-refractivity contribution in [3.8, 4) is 0 Å². The largest absolute Gasteiger partial charge is 0.460 e. The molecule has 164 valence electrons. The highest BCUT2D eigenvalue weighted by Gasteiger charge is 2.20. The SMILES string of the molecule is CC(C)(C)OC(=O)CC(C=O)CCCOCc1ccccc1.NCc1ccccc1. The van der Waals surface area contributed by atoms with E-state index in [9.17, 15) is 9.59 Å². The van der Waals surface area contributed by atoms with E-state index in [1.807, 2.05) is 81.4 Å². The average Bonchev–Trinajstić information content (AvgIpc) is 2.73. The van der Waals surface area contributed by atoms with Crippen molar-refractivity contribution in [2.45, 2.75) is 58.8 Å². The van der Waals surface area contributed by atoms with Crippen LogP contribution in [0.1, 0.15) is 51.2 Å². The van der Waals surface area contributed by atoms with Gasteiger partial charge < -0.3 is 20.0 Å². The Bertz CT molecular complexity index is 711. The van der Waals surface area contributed by atoms with E-state index >= 15 is 0 Å². The zero-order chi connectivity index (χ0) is 22.2. The van der Waals surface area contributed by atoms with Crippen LogP contribution >= 0.6 is 0 Å². The lowest BCUT2D eigenvalue weighted by Crippen LogP contribution is -2.25. The molecule has 0 amide bonds. The molecule has 1 atom stereocenters. The predicted octanol–water partition coefficient (Wildman–Crippen LogP) is 4.68. The summed E-state index contributed by atoms with van der Waals surface area (Å²) in [7, 11) is 0. The minimum atomic E-state index is -0.511. The summed E-state index contributed by atoms with van der Waals surface area (Å²) in [6.07, 6.45) is 2.36. The summed E-state index contributed by atoms with van der Waals surface area (Å²) in [5.41, 5.74) is 7.15. The van der Waals surface area contributed by atoms with Crippen molar-refractivity contribution in [1.82, 2.24) is 0 Å². The Balaban J connectivity index is 0.000000467. The van der Waals surface area contributed by atoms with Crippen LogP contribution in [0.15, 0.2) is 60.7 Å². The highest BCUT2D eigenvalue weighted by Crippen LogP contribution is 2.14. The van der Waals surface area contributed by atoms with Crippen LogP contribution in [0.5, 0.6) is 0 Å². The Kier molecular flexibility index (Phi) is 12.3. The molecule has 2 rings (SSSR count). The monoisotopic (exact) mass is 413 g/mol. The van der Waals surface area contributed by atoms with E-state index < -0.39 is 5.60 Å². The third kappa shape index (κ3) is 12.9. The van der Waals surface area contributed by atoms with Crippen molar-refractivity contribution >= 4 is 12.3 Å². The molecule has 2 N–H and O–H groups in total. The number of benzene rings is 2. The summed E-state index contributed by atoms with van der Waals surface area (Å²) in [5, 5.41) is 0. The van der Waals surface area contributed by atoms with Crippen molar-refractivity contribution in [3.63, 3.8) is 0 Å². The quantitative estimate of drug-likeness (QED) is 0.348. The van der Waals surface area contributed by atoms with Crippen LogP contribution in [0, 0.1) is 5.92 Å². The van der Waals surface area contributed by atoms with Crippen molar-refractivity contribution in [2.75, 3.05) is 6.61 Å². The van der Waals surface area contributed by atoms with Crippen LogP contribution < -0.4 is 5.73 Å². The molecule has 30 heavy (non-hydrogen) atoms. The molecule has 0 saturated carbocycles. The summed E-state index contributed by atoms with van der Waals surface area (Å²) in [6, 6.07) is 19.9. The first-order chi connectivity index (χ1) is 14.3. The molecule has 0 bridgehead atoms. The van der Waals surface area contributed by atoms with Gasteiger partial charge >= 0.3 is 5.97 Å². The molecule has 0 radical (unpaired) electrons. The van der Waals surface area contributed by atoms with E-state index in [-0.39, 0.29) is 18.3 Å². The molecule has 0 saturated heterocycles. The van der Waals surface area contributed by atoms with E-state index in [1.54, 1.807) is 0 Å². The van der Waals surface area contributed by atoms with Gasteiger partial charge in [0.05, 0.1) is 13.0 Å². The Morgan fingerprint density at radius 1 is 1.00 bits per heavy atom. The number of nitrogens with two attached hydrogens (primary N) is 1. The first-order valence-electron chi connectivity index (χ1n) is 10.4. The average molecular weight is 414 g/mol. The fourth-order valence-electron chi connectivity index (χ4n) is 2.64. The normalized spacial score (nSPS) is 11.7. The summed E-state index contributed by atoms with van der Waals surface area (Å²) in [4.78, 5) is 22.7. The standard InChI is InChI=1S/C18H26O4.C7H9N/c1-18(2,3)22-17(20)12-16(13-19)10-7-11-21-14-15-8-5-4-6-9-15;8-6-7-4-2-1-3-5-7/h4-6,8-9,13,16H,7,10-12,14H2,1-3H3;1-5H,6,8H2. The van der Waals surface area contributed by atoms with Crippen molar-refractivity contribution < 1.29 is 19.1 Å². The van der Waals surface area contributed by atoms with Crippen LogP contribution in [0.4, 0.5) is 0 Å². The minimum absolute atomic E-state index is 0.138. The molecule has 0 aliphatic rings. The van der Waals surface area contributed by atoms with Crippen molar-refractivity contribution in [1.29, 1.82) is 0 Å². The van der Waals surface area contributed by atoms with Gasteiger partial charge in [-0.2, -0.15) is 0 Å². The molecule has 0 fully saturated rings. The molecule has 2 aromatic rings. The lowest BCUT2D eigenvalue weighted by atomic mass is 10.0. The molecule has 5 nitrogen and oxygen atoms in total. The third-order valence-electron chi connectivity index (χ3n) is 4.09. The van der Waals surface area contributed by atoms with Crippen LogP contribution in [-0.4, -0.2) is 24.5 Å². The van der Waals surface area contributed by atoms with Crippen molar-refractivity contribution in [3.05, 3.63) is 71.8 Å². The fourth-order valence-corrected chi connectivity index (χ4v) is 2.64. The van der Waals surface area contributed by atoms with Gasteiger partial charge in [-0.05, 0) is 44.7 Å². The number of rotatable bonds is 10. The van der Waals surface area contributed by atoms with Crippen LogP contribution in [-0.2, 0) is 32.2 Å². The number of ether oxygens (including phenoxy) is 2. The van der Waals surface area contributed by atoms with Gasteiger partial charge in [-0.3, -0.25) is 4.79 Å². The lowest BCUT2D eigenvalue weighted by molar-refractivity contribution is -0.156. The highest BCUT2D eigenvalue weighted by atomic mass is 16.6. The molecule has 0 spiro atoms. The summed E-state index contributed by atoms with van der Waals surface area (Å²) in [5.74, 6) is -0.620. The van der Waals surface area contributed by atoms with Crippen molar-refractivity contribution in [2.24, 2.45) is 11.7 Å². The number of hydrogen-bond donors (Lipinski definition) is 1. The number of hydrogen-bond acceptors (Lipinski definition) is 5. The first kappa shape index (κ1) is 25.5. The van der Waals surface area contributed by atoms with Gasteiger partial charge in [0.2, 0.25) is 0 Å². The van der Waals surface area contributed by atoms with Gasteiger partial charge in [-0.15, -0.1) is 0 Å². The summed E-state index contributed by atoms with van der Waals surface area (Å²) >= 11 is 0. The fraction of sp³-hybridized carbons (Fsp3) is 0.440. The molecular formula is C25H35NO4. The Morgan fingerprint density at radius 3 is 2.03 bits per heavy atom. The van der Waals surface area contributed by atoms with E-state index in [2.05, 4.69) is 0 Å². The van der Waals surface area contributed by atoms with Gasteiger partial charge in [-0.1, -0.05) is 60.7 Å². The third-order valence-corrected chi connectivity index (χ3v) is 4.09. The Labute approximate surface area is 180 Å². The topological polar surface area (TPSA) is 78.6 Å². The van der Waals surface area contributed by atoms with Gasteiger partial charge in [-0.25, -0.2) is 0 Å². The minimum Gasteiger partial charge on any atom is -0.460 e. The number of aldehydes is 1. The first-order valence-corrected chi connectivity index (χ1v) is 10.4. The number of esters is 1. The van der Waals surface area contributed by atoms with E-state index in [1.165, 1.54) is 5.56 Å². The lowest BCUT2D eigenvalue weighted by Gasteiger charge is -2.20. The second-order valence-corrected chi connectivity index (χ2v) is 8.06. The highest BCUT2D eigenvalue weighted by molar-refractivity contribution is 5.74. The molecular weight excluding hydrogens is 378 g/mol. The molecule has 2 aromatic carbocycles. The Hall–Kier alpha value is -2.50. The zero-order valence-electron chi connectivity index (χ0n) is 18.4. The maximum Gasteiger partial charge on any atom is 0.307 e. The van der Waals surface area contributed by atoms with Gasteiger partial charge in [0, 0.05) is 19.1 Å². The molecule has 0 aliphatic heterocycles. The maximum atomic E-state index is 11.7. The second-order valence-electron chi connectivity index (χ2n) is 8.06.